The Morgan fingerprint density at radius 3 is 1.93 bits per heavy atom. The summed E-state index contributed by atoms with van der Waals surface area (Å²) in [5.41, 5.74) is 3.04. The second-order valence-corrected chi connectivity index (χ2v) is 7.94. The maximum absolute atomic E-state index is 13.0. The molecule has 2 aromatic carbocycles. The SMILES string of the molecule is CC(=O)Nc1ccc(NC(=O)C2(C(=O)Nc3c(C)cccc3C(C)C)CC2)cc1. The summed E-state index contributed by atoms with van der Waals surface area (Å²) < 4.78 is 0. The van der Waals surface area contributed by atoms with Gasteiger partial charge in [0.2, 0.25) is 17.7 Å². The number of carbonyl (C=O) groups is 3. The van der Waals surface area contributed by atoms with Gasteiger partial charge >= 0.3 is 0 Å². The monoisotopic (exact) mass is 393 g/mol. The van der Waals surface area contributed by atoms with Gasteiger partial charge in [0.1, 0.15) is 5.41 Å². The van der Waals surface area contributed by atoms with E-state index < -0.39 is 5.41 Å². The van der Waals surface area contributed by atoms with E-state index in [4.69, 9.17) is 0 Å². The molecule has 1 aliphatic rings. The number of amides is 3. The van der Waals surface area contributed by atoms with Crippen LogP contribution in [-0.2, 0) is 14.4 Å². The Labute approximate surface area is 171 Å². The topological polar surface area (TPSA) is 87.3 Å². The highest BCUT2D eigenvalue weighted by Crippen LogP contribution is 2.48. The fourth-order valence-electron chi connectivity index (χ4n) is 3.35. The van der Waals surface area contributed by atoms with Crippen molar-refractivity contribution in [3.63, 3.8) is 0 Å². The summed E-state index contributed by atoms with van der Waals surface area (Å²) in [6, 6.07) is 12.8. The number of rotatable bonds is 6. The van der Waals surface area contributed by atoms with Gasteiger partial charge in [0.15, 0.2) is 0 Å². The Balaban J connectivity index is 1.72. The molecular weight excluding hydrogens is 366 g/mol. The summed E-state index contributed by atoms with van der Waals surface area (Å²) in [6.07, 6.45) is 1.05. The van der Waals surface area contributed by atoms with Gasteiger partial charge in [-0.25, -0.2) is 0 Å². The van der Waals surface area contributed by atoms with E-state index in [9.17, 15) is 14.4 Å². The van der Waals surface area contributed by atoms with Crippen molar-refractivity contribution < 1.29 is 14.4 Å². The maximum atomic E-state index is 13.0. The minimum absolute atomic E-state index is 0.160. The van der Waals surface area contributed by atoms with Crippen LogP contribution in [0.4, 0.5) is 17.1 Å². The van der Waals surface area contributed by atoms with Crippen LogP contribution >= 0.6 is 0 Å². The van der Waals surface area contributed by atoms with Gasteiger partial charge in [-0.1, -0.05) is 32.0 Å². The molecule has 3 amide bonds. The van der Waals surface area contributed by atoms with E-state index in [0.29, 0.717) is 24.2 Å². The third kappa shape index (κ3) is 4.47. The van der Waals surface area contributed by atoms with E-state index >= 15 is 0 Å². The molecule has 1 saturated carbocycles. The standard InChI is InChI=1S/C23H27N3O3/c1-14(2)19-7-5-6-15(3)20(19)26-22(29)23(12-13-23)21(28)25-18-10-8-17(9-11-18)24-16(4)27/h5-11,14H,12-13H2,1-4H3,(H,24,27)(H,25,28)(H,26,29). The third-order valence-corrected chi connectivity index (χ3v) is 5.25. The zero-order chi connectivity index (χ0) is 21.2. The van der Waals surface area contributed by atoms with Crippen molar-refractivity contribution in [3.8, 4) is 0 Å². The van der Waals surface area contributed by atoms with Crippen molar-refractivity contribution in [2.75, 3.05) is 16.0 Å². The minimum Gasteiger partial charge on any atom is -0.326 e. The zero-order valence-corrected chi connectivity index (χ0v) is 17.3. The van der Waals surface area contributed by atoms with Crippen molar-refractivity contribution in [1.82, 2.24) is 0 Å². The Morgan fingerprint density at radius 1 is 0.862 bits per heavy atom. The van der Waals surface area contributed by atoms with Gasteiger partial charge in [-0.2, -0.15) is 0 Å². The molecule has 0 radical (unpaired) electrons. The lowest BCUT2D eigenvalue weighted by Gasteiger charge is -2.20. The average Bonchev–Trinajstić information content (AvgIpc) is 3.46. The molecule has 0 unspecified atom stereocenters. The fourth-order valence-corrected chi connectivity index (χ4v) is 3.35. The second-order valence-electron chi connectivity index (χ2n) is 7.94. The average molecular weight is 393 g/mol. The van der Waals surface area contributed by atoms with Crippen molar-refractivity contribution in [2.45, 2.75) is 46.5 Å². The number of carbonyl (C=O) groups excluding carboxylic acids is 3. The number of hydrogen-bond acceptors (Lipinski definition) is 3. The molecule has 0 aromatic heterocycles. The van der Waals surface area contributed by atoms with E-state index in [1.807, 2.05) is 25.1 Å². The van der Waals surface area contributed by atoms with Crippen LogP contribution in [0.3, 0.4) is 0 Å². The van der Waals surface area contributed by atoms with Gasteiger partial charge in [0.25, 0.3) is 0 Å². The molecule has 0 atom stereocenters. The quantitative estimate of drug-likeness (QED) is 0.634. The first-order chi connectivity index (χ1) is 13.7. The molecule has 0 aliphatic heterocycles. The smallest absolute Gasteiger partial charge is 0.240 e. The molecule has 152 valence electrons. The molecule has 6 heteroatoms. The van der Waals surface area contributed by atoms with Crippen molar-refractivity contribution in [2.24, 2.45) is 5.41 Å². The van der Waals surface area contributed by atoms with Gasteiger partial charge in [-0.3, -0.25) is 14.4 Å². The van der Waals surface area contributed by atoms with Crippen LogP contribution in [0.5, 0.6) is 0 Å². The molecule has 6 nitrogen and oxygen atoms in total. The number of anilines is 3. The molecule has 29 heavy (non-hydrogen) atoms. The number of para-hydroxylation sites is 1. The number of benzene rings is 2. The van der Waals surface area contributed by atoms with E-state index in [2.05, 4.69) is 29.8 Å². The lowest BCUT2D eigenvalue weighted by Crippen LogP contribution is -2.36. The lowest BCUT2D eigenvalue weighted by molar-refractivity contribution is -0.131. The first-order valence-electron chi connectivity index (χ1n) is 9.83. The molecule has 3 N–H and O–H groups in total. The van der Waals surface area contributed by atoms with Crippen LogP contribution in [0.25, 0.3) is 0 Å². The maximum Gasteiger partial charge on any atom is 0.240 e. The summed E-state index contributed by atoms with van der Waals surface area (Å²) in [5.74, 6) is -0.466. The van der Waals surface area contributed by atoms with Crippen LogP contribution in [-0.4, -0.2) is 17.7 Å². The molecular formula is C23H27N3O3. The van der Waals surface area contributed by atoms with Crippen molar-refractivity contribution in [3.05, 3.63) is 53.6 Å². The summed E-state index contributed by atoms with van der Waals surface area (Å²) in [5, 5.41) is 8.52. The highest BCUT2D eigenvalue weighted by molar-refractivity contribution is 6.17. The minimum atomic E-state index is -1.03. The predicted molar refractivity (Wildman–Crippen MR) is 115 cm³/mol. The van der Waals surface area contributed by atoms with Crippen LogP contribution in [0.15, 0.2) is 42.5 Å². The summed E-state index contributed by atoms with van der Waals surface area (Å²) in [7, 11) is 0. The van der Waals surface area contributed by atoms with Gasteiger partial charge in [0.05, 0.1) is 0 Å². The Bertz CT molecular complexity index is 944. The molecule has 0 bridgehead atoms. The fraction of sp³-hybridized carbons (Fsp3) is 0.348. The van der Waals surface area contributed by atoms with Gasteiger partial charge in [-0.05, 0) is 61.1 Å². The molecule has 0 spiro atoms. The molecule has 0 saturated heterocycles. The molecule has 0 heterocycles. The van der Waals surface area contributed by atoms with Crippen LogP contribution in [0.1, 0.15) is 50.7 Å². The Kier molecular flexibility index (Phi) is 5.73. The first kappa shape index (κ1) is 20.6. The van der Waals surface area contributed by atoms with E-state index in [0.717, 1.165) is 16.8 Å². The zero-order valence-electron chi connectivity index (χ0n) is 17.3. The number of aryl methyl sites for hydroxylation is 1. The van der Waals surface area contributed by atoms with E-state index in [1.165, 1.54) is 6.92 Å². The molecule has 3 rings (SSSR count). The summed E-state index contributed by atoms with van der Waals surface area (Å²) in [6.45, 7) is 7.55. The van der Waals surface area contributed by atoms with E-state index in [1.54, 1.807) is 24.3 Å². The third-order valence-electron chi connectivity index (χ3n) is 5.25. The normalized spacial score (nSPS) is 14.2. The summed E-state index contributed by atoms with van der Waals surface area (Å²) in [4.78, 5) is 37.0. The number of hydrogen-bond donors (Lipinski definition) is 3. The number of nitrogens with one attached hydrogen (secondary N) is 3. The molecule has 1 aliphatic carbocycles. The van der Waals surface area contributed by atoms with Crippen molar-refractivity contribution in [1.29, 1.82) is 0 Å². The highest BCUT2D eigenvalue weighted by Gasteiger charge is 2.56. The van der Waals surface area contributed by atoms with Crippen LogP contribution in [0, 0.1) is 12.3 Å². The van der Waals surface area contributed by atoms with Crippen molar-refractivity contribution >= 4 is 34.8 Å². The Morgan fingerprint density at radius 2 is 1.41 bits per heavy atom. The van der Waals surface area contributed by atoms with Gasteiger partial charge in [-0.15, -0.1) is 0 Å². The molecule has 2 aromatic rings. The largest absolute Gasteiger partial charge is 0.326 e. The lowest BCUT2D eigenvalue weighted by atomic mass is 9.97. The first-order valence-corrected chi connectivity index (χ1v) is 9.83. The highest BCUT2D eigenvalue weighted by atomic mass is 16.2. The predicted octanol–water partition coefficient (Wildman–Crippen LogP) is 4.43. The van der Waals surface area contributed by atoms with Crippen LogP contribution < -0.4 is 16.0 Å². The van der Waals surface area contributed by atoms with Gasteiger partial charge < -0.3 is 16.0 Å². The van der Waals surface area contributed by atoms with Gasteiger partial charge in [0, 0.05) is 24.0 Å². The van der Waals surface area contributed by atoms with E-state index in [-0.39, 0.29) is 23.6 Å². The molecule has 1 fully saturated rings. The van der Waals surface area contributed by atoms with Crippen LogP contribution in [0.2, 0.25) is 0 Å². The Hall–Kier alpha value is -3.15. The second kappa shape index (κ2) is 8.07. The summed E-state index contributed by atoms with van der Waals surface area (Å²) >= 11 is 0.